The van der Waals surface area contributed by atoms with Crippen molar-refractivity contribution < 1.29 is 9.90 Å². The normalized spacial score (nSPS) is 10.7. The van der Waals surface area contributed by atoms with Crippen molar-refractivity contribution in [1.29, 1.82) is 0 Å². The molecule has 0 unspecified atom stereocenters. The van der Waals surface area contributed by atoms with Gasteiger partial charge in [0.25, 0.3) is 0 Å². The molecule has 0 spiro atoms. The van der Waals surface area contributed by atoms with Crippen molar-refractivity contribution in [2.24, 2.45) is 0 Å². The van der Waals surface area contributed by atoms with Crippen molar-refractivity contribution in [3.05, 3.63) is 23.4 Å². The first-order chi connectivity index (χ1) is 8.41. The molecule has 0 saturated carbocycles. The predicted molar refractivity (Wildman–Crippen MR) is 72.4 cm³/mol. The zero-order valence-corrected chi connectivity index (χ0v) is 11.5. The fourth-order valence-corrected chi connectivity index (χ4v) is 1.73. The van der Waals surface area contributed by atoms with Gasteiger partial charge in [-0.25, -0.2) is 9.78 Å². The van der Waals surface area contributed by atoms with Crippen LogP contribution in [0.3, 0.4) is 0 Å². The summed E-state index contributed by atoms with van der Waals surface area (Å²) in [4.78, 5) is 19.4. The monoisotopic (exact) mass is 251 g/mol. The minimum atomic E-state index is -0.929. The molecular formula is C13H21N3O2. The molecule has 0 aliphatic carbocycles. The molecule has 1 N–H and O–H groups in total. The number of aromatic nitrogens is 1. The Kier molecular flexibility index (Phi) is 5.09. The molecule has 100 valence electrons. The van der Waals surface area contributed by atoms with Gasteiger partial charge in [-0.05, 0) is 46.1 Å². The number of rotatable bonds is 6. The van der Waals surface area contributed by atoms with Gasteiger partial charge in [0.2, 0.25) is 0 Å². The zero-order valence-electron chi connectivity index (χ0n) is 11.5. The van der Waals surface area contributed by atoms with Gasteiger partial charge in [0.15, 0.2) is 0 Å². The molecule has 5 heteroatoms. The molecule has 0 saturated heterocycles. The third-order valence-electron chi connectivity index (χ3n) is 2.79. The Bertz CT molecular complexity index is 419. The van der Waals surface area contributed by atoms with E-state index in [0.29, 0.717) is 5.69 Å². The molecule has 1 heterocycles. The van der Waals surface area contributed by atoms with Gasteiger partial charge in [-0.3, -0.25) is 0 Å². The van der Waals surface area contributed by atoms with Crippen molar-refractivity contribution in [2.45, 2.75) is 13.3 Å². The lowest BCUT2D eigenvalue weighted by molar-refractivity contribution is 0.0695. The van der Waals surface area contributed by atoms with Crippen LogP contribution in [0, 0.1) is 6.92 Å². The number of carboxylic acid groups (broad SMARTS) is 1. The standard InChI is InChI=1S/C13H21N3O2/c1-10-11(13(17)18)6-7-12(14-10)16(4)9-5-8-15(2)3/h6-7H,5,8-9H2,1-4H3,(H,17,18). The van der Waals surface area contributed by atoms with Crippen LogP contribution in [0.2, 0.25) is 0 Å². The number of hydrogen-bond acceptors (Lipinski definition) is 4. The highest BCUT2D eigenvalue weighted by Crippen LogP contribution is 2.14. The van der Waals surface area contributed by atoms with Crippen molar-refractivity contribution in [3.8, 4) is 0 Å². The quantitative estimate of drug-likeness (QED) is 0.830. The van der Waals surface area contributed by atoms with Crippen LogP contribution in [0.5, 0.6) is 0 Å². The van der Waals surface area contributed by atoms with E-state index in [1.807, 2.05) is 26.0 Å². The number of aromatic carboxylic acids is 1. The van der Waals surface area contributed by atoms with Crippen LogP contribution in [0.4, 0.5) is 5.82 Å². The fraction of sp³-hybridized carbons (Fsp3) is 0.538. The topological polar surface area (TPSA) is 56.7 Å². The molecule has 18 heavy (non-hydrogen) atoms. The van der Waals surface area contributed by atoms with E-state index in [-0.39, 0.29) is 5.56 Å². The van der Waals surface area contributed by atoms with E-state index in [1.54, 1.807) is 19.1 Å². The van der Waals surface area contributed by atoms with Gasteiger partial charge in [0.1, 0.15) is 5.82 Å². The largest absolute Gasteiger partial charge is 0.478 e. The molecule has 0 aliphatic rings. The van der Waals surface area contributed by atoms with Crippen LogP contribution in [0.15, 0.2) is 12.1 Å². The summed E-state index contributed by atoms with van der Waals surface area (Å²) in [5, 5.41) is 8.94. The number of carbonyl (C=O) groups is 1. The Morgan fingerprint density at radius 3 is 2.44 bits per heavy atom. The molecule has 0 radical (unpaired) electrons. The zero-order chi connectivity index (χ0) is 13.7. The van der Waals surface area contributed by atoms with Crippen molar-refractivity contribution in [1.82, 2.24) is 9.88 Å². The summed E-state index contributed by atoms with van der Waals surface area (Å²) in [6.45, 7) is 3.65. The van der Waals surface area contributed by atoms with E-state index in [1.165, 1.54) is 0 Å². The second kappa shape index (κ2) is 6.35. The second-order valence-corrected chi connectivity index (χ2v) is 4.69. The minimum Gasteiger partial charge on any atom is -0.478 e. The molecule has 1 rings (SSSR count). The van der Waals surface area contributed by atoms with Gasteiger partial charge in [0, 0.05) is 13.6 Å². The maximum absolute atomic E-state index is 10.9. The molecule has 0 atom stereocenters. The van der Waals surface area contributed by atoms with Gasteiger partial charge in [-0.15, -0.1) is 0 Å². The lowest BCUT2D eigenvalue weighted by Crippen LogP contribution is -2.24. The first-order valence-electron chi connectivity index (χ1n) is 5.98. The Labute approximate surface area is 108 Å². The van der Waals surface area contributed by atoms with Crippen molar-refractivity contribution in [2.75, 3.05) is 39.1 Å². The van der Waals surface area contributed by atoms with E-state index < -0.39 is 5.97 Å². The van der Waals surface area contributed by atoms with Gasteiger partial charge < -0.3 is 14.9 Å². The fourth-order valence-electron chi connectivity index (χ4n) is 1.73. The first kappa shape index (κ1) is 14.4. The summed E-state index contributed by atoms with van der Waals surface area (Å²) in [5.41, 5.74) is 0.819. The third kappa shape index (κ3) is 4.00. The number of nitrogens with zero attached hydrogens (tertiary/aromatic N) is 3. The molecule has 0 amide bonds. The van der Waals surface area contributed by atoms with Crippen molar-refractivity contribution in [3.63, 3.8) is 0 Å². The Balaban J connectivity index is 2.66. The summed E-state index contributed by atoms with van der Waals surface area (Å²) in [6.07, 6.45) is 1.05. The Morgan fingerprint density at radius 2 is 1.94 bits per heavy atom. The van der Waals surface area contributed by atoms with E-state index in [2.05, 4.69) is 9.88 Å². The number of aryl methyl sites for hydroxylation is 1. The van der Waals surface area contributed by atoms with Crippen LogP contribution in [-0.4, -0.2) is 55.2 Å². The number of anilines is 1. The highest BCUT2D eigenvalue weighted by molar-refractivity contribution is 5.89. The summed E-state index contributed by atoms with van der Waals surface area (Å²) >= 11 is 0. The van der Waals surface area contributed by atoms with E-state index >= 15 is 0 Å². The van der Waals surface area contributed by atoms with E-state index in [9.17, 15) is 4.79 Å². The first-order valence-corrected chi connectivity index (χ1v) is 5.98. The van der Waals surface area contributed by atoms with Crippen LogP contribution < -0.4 is 4.90 Å². The molecule has 5 nitrogen and oxygen atoms in total. The Morgan fingerprint density at radius 1 is 1.28 bits per heavy atom. The van der Waals surface area contributed by atoms with Gasteiger partial charge in [-0.1, -0.05) is 0 Å². The summed E-state index contributed by atoms with van der Waals surface area (Å²) < 4.78 is 0. The molecule has 0 aliphatic heterocycles. The highest BCUT2D eigenvalue weighted by atomic mass is 16.4. The third-order valence-corrected chi connectivity index (χ3v) is 2.79. The number of pyridine rings is 1. The van der Waals surface area contributed by atoms with Gasteiger partial charge in [-0.2, -0.15) is 0 Å². The highest BCUT2D eigenvalue weighted by Gasteiger charge is 2.10. The summed E-state index contributed by atoms with van der Waals surface area (Å²) in [5.74, 6) is -0.113. The maximum atomic E-state index is 10.9. The average molecular weight is 251 g/mol. The second-order valence-electron chi connectivity index (χ2n) is 4.69. The Hall–Kier alpha value is -1.62. The molecule has 0 fully saturated rings. The number of carboxylic acids is 1. The van der Waals surface area contributed by atoms with Crippen LogP contribution in [-0.2, 0) is 0 Å². The van der Waals surface area contributed by atoms with E-state index in [4.69, 9.17) is 5.11 Å². The predicted octanol–water partition coefficient (Wildman–Crippen LogP) is 1.48. The number of hydrogen-bond donors (Lipinski definition) is 1. The minimum absolute atomic E-state index is 0.264. The SMILES string of the molecule is Cc1nc(N(C)CCCN(C)C)ccc1C(=O)O. The maximum Gasteiger partial charge on any atom is 0.337 e. The van der Waals surface area contributed by atoms with Crippen LogP contribution in [0.25, 0.3) is 0 Å². The van der Waals surface area contributed by atoms with E-state index in [0.717, 1.165) is 25.3 Å². The molecule has 1 aromatic rings. The van der Waals surface area contributed by atoms with Crippen molar-refractivity contribution >= 4 is 11.8 Å². The smallest absolute Gasteiger partial charge is 0.337 e. The molecular weight excluding hydrogens is 230 g/mol. The summed E-state index contributed by atoms with van der Waals surface area (Å²) in [6, 6.07) is 3.37. The molecule has 0 bridgehead atoms. The molecule has 0 aromatic carbocycles. The summed E-state index contributed by atoms with van der Waals surface area (Å²) in [7, 11) is 6.06. The lowest BCUT2D eigenvalue weighted by Gasteiger charge is -2.20. The molecule has 1 aromatic heterocycles. The van der Waals surface area contributed by atoms with Gasteiger partial charge >= 0.3 is 5.97 Å². The average Bonchev–Trinajstić information content (AvgIpc) is 2.27. The van der Waals surface area contributed by atoms with Crippen LogP contribution >= 0.6 is 0 Å². The lowest BCUT2D eigenvalue weighted by atomic mass is 10.2. The van der Waals surface area contributed by atoms with Crippen LogP contribution in [0.1, 0.15) is 22.5 Å². The van der Waals surface area contributed by atoms with Gasteiger partial charge in [0.05, 0.1) is 11.3 Å².